The van der Waals surface area contributed by atoms with E-state index in [0.717, 1.165) is 30.4 Å². The van der Waals surface area contributed by atoms with E-state index in [9.17, 15) is 9.59 Å². The molecule has 2 N–H and O–H groups in total. The zero-order valence-corrected chi connectivity index (χ0v) is 21.3. The van der Waals surface area contributed by atoms with E-state index in [4.69, 9.17) is 21.7 Å². The normalized spacial score (nSPS) is 17.2. The SMILES string of the molecule is CC(C)(C)OC(=O)N1CCCCC1CNC(=S)NC(=O)OCC1c2ccccc2-c2ccccc21. The van der Waals surface area contributed by atoms with Gasteiger partial charge in [0.05, 0.1) is 6.04 Å². The summed E-state index contributed by atoms with van der Waals surface area (Å²) in [6.07, 6.45) is 1.90. The van der Waals surface area contributed by atoms with E-state index in [0.29, 0.717) is 13.1 Å². The van der Waals surface area contributed by atoms with Gasteiger partial charge in [-0.05, 0) is 74.5 Å². The number of fused-ring (bicyclic) bond motifs is 3. The highest BCUT2D eigenvalue weighted by Crippen LogP contribution is 2.44. The number of amides is 2. The summed E-state index contributed by atoms with van der Waals surface area (Å²) in [7, 11) is 0. The first-order chi connectivity index (χ1) is 16.7. The minimum absolute atomic E-state index is 0.0145. The summed E-state index contributed by atoms with van der Waals surface area (Å²) in [6.45, 7) is 6.87. The zero-order chi connectivity index (χ0) is 25.0. The fourth-order valence-corrected chi connectivity index (χ4v) is 4.92. The lowest BCUT2D eigenvalue weighted by Gasteiger charge is -2.37. The van der Waals surface area contributed by atoms with Crippen molar-refractivity contribution in [3.63, 3.8) is 0 Å². The number of benzene rings is 2. The second-order valence-electron chi connectivity index (χ2n) is 9.98. The van der Waals surface area contributed by atoms with Gasteiger partial charge in [-0.3, -0.25) is 5.32 Å². The van der Waals surface area contributed by atoms with E-state index in [2.05, 4.69) is 34.9 Å². The van der Waals surface area contributed by atoms with Gasteiger partial charge in [0.1, 0.15) is 12.2 Å². The smallest absolute Gasteiger partial charge is 0.413 e. The molecule has 186 valence electrons. The molecule has 2 aromatic carbocycles. The largest absolute Gasteiger partial charge is 0.448 e. The molecular formula is C27H33N3O4S. The van der Waals surface area contributed by atoms with Crippen molar-refractivity contribution in [2.45, 2.75) is 57.6 Å². The van der Waals surface area contributed by atoms with E-state index in [-0.39, 0.29) is 29.8 Å². The van der Waals surface area contributed by atoms with Crippen LogP contribution in [0, 0.1) is 0 Å². The third-order valence-corrected chi connectivity index (χ3v) is 6.56. The Hall–Kier alpha value is -3.13. The van der Waals surface area contributed by atoms with Crippen LogP contribution in [-0.4, -0.2) is 53.5 Å². The minimum atomic E-state index is -0.600. The summed E-state index contributed by atoms with van der Waals surface area (Å²) in [6, 6.07) is 16.3. The highest BCUT2D eigenvalue weighted by Gasteiger charge is 2.31. The molecule has 2 amide bonds. The zero-order valence-electron chi connectivity index (χ0n) is 20.5. The predicted molar refractivity (Wildman–Crippen MR) is 139 cm³/mol. The molecule has 0 aromatic heterocycles. The van der Waals surface area contributed by atoms with E-state index < -0.39 is 11.7 Å². The van der Waals surface area contributed by atoms with Crippen molar-refractivity contribution in [1.29, 1.82) is 0 Å². The van der Waals surface area contributed by atoms with Crippen molar-refractivity contribution in [3.8, 4) is 11.1 Å². The van der Waals surface area contributed by atoms with E-state index in [1.54, 1.807) is 4.90 Å². The average molecular weight is 496 g/mol. The lowest BCUT2D eigenvalue weighted by molar-refractivity contribution is 0.0104. The van der Waals surface area contributed by atoms with Crippen molar-refractivity contribution in [1.82, 2.24) is 15.5 Å². The monoisotopic (exact) mass is 495 g/mol. The van der Waals surface area contributed by atoms with Gasteiger partial charge in [0.15, 0.2) is 5.11 Å². The fourth-order valence-electron chi connectivity index (χ4n) is 4.76. The maximum Gasteiger partial charge on any atom is 0.413 e. The van der Waals surface area contributed by atoms with Gasteiger partial charge in [-0.1, -0.05) is 48.5 Å². The lowest BCUT2D eigenvalue weighted by Crippen LogP contribution is -2.52. The van der Waals surface area contributed by atoms with Crippen molar-refractivity contribution in [3.05, 3.63) is 59.7 Å². The number of nitrogens with one attached hydrogen (secondary N) is 2. The number of alkyl carbamates (subject to hydrolysis) is 1. The molecule has 1 aliphatic heterocycles. The lowest BCUT2D eigenvalue weighted by atomic mass is 9.98. The number of ether oxygens (including phenoxy) is 2. The molecule has 0 spiro atoms. The number of nitrogens with zero attached hydrogens (tertiary/aromatic N) is 1. The Kier molecular flexibility index (Phi) is 7.60. The molecule has 1 atom stereocenters. The van der Waals surface area contributed by atoms with Crippen LogP contribution in [0.1, 0.15) is 57.1 Å². The highest BCUT2D eigenvalue weighted by atomic mass is 32.1. The second kappa shape index (κ2) is 10.6. The van der Waals surface area contributed by atoms with Crippen LogP contribution in [-0.2, 0) is 9.47 Å². The Morgan fingerprint density at radius 2 is 1.66 bits per heavy atom. The number of piperidine rings is 1. The Labute approximate surface area is 212 Å². The van der Waals surface area contributed by atoms with Crippen molar-refractivity contribution in [2.75, 3.05) is 19.7 Å². The third kappa shape index (κ3) is 6.11. The van der Waals surface area contributed by atoms with Gasteiger partial charge in [-0.15, -0.1) is 0 Å². The Morgan fingerprint density at radius 3 is 2.29 bits per heavy atom. The summed E-state index contributed by atoms with van der Waals surface area (Å²) in [5.74, 6) is -0.0145. The quantitative estimate of drug-likeness (QED) is 0.569. The van der Waals surface area contributed by atoms with Crippen LogP contribution in [0.2, 0.25) is 0 Å². The molecule has 2 aliphatic rings. The molecule has 2 aromatic rings. The number of hydrogen-bond donors (Lipinski definition) is 2. The Morgan fingerprint density at radius 1 is 1.03 bits per heavy atom. The number of thiocarbonyl (C=S) groups is 1. The van der Waals surface area contributed by atoms with Crippen LogP contribution in [0.25, 0.3) is 11.1 Å². The average Bonchev–Trinajstić information content (AvgIpc) is 3.14. The minimum Gasteiger partial charge on any atom is -0.448 e. The first kappa shape index (κ1) is 25.0. The molecule has 1 aliphatic carbocycles. The van der Waals surface area contributed by atoms with Gasteiger partial charge in [0.2, 0.25) is 0 Å². The summed E-state index contributed by atoms with van der Waals surface area (Å²) >= 11 is 5.31. The standard InChI is InChI=1S/C27H33N3O4S/c1-27(2,3)34-26(32)30-15-9-8-10-18(30)16-28-24(35)29-25(31)33-17-23-21-13-6-4-11-19(21)20-12-5-7-14-22(20)23/h4-7,11-14,18,23H,8-10,15-17H2,1-3H3,(H2,28,29,31,35). The number of likely N-dealkylation sites (tertiary alicyclic amines) is 1. The van der Waals surface area contributed by atoms with Gasteiger partial charge in [0, 0.05) is 19.0 Å². The number of carbonyl (C=O) groups is 2. The van der Waals surface area contributed by atoms with E-state index in [1.165, 1.54) is 11.1 Å². The van der Waals surface area contributed by atoms with Crippen LogP contribution in [0.15, 0.2) is 48.5 Å². The summed E-state index contributed by atoms with van der Waals surface area (Å²) in [4.78, 5) is 26.8. The van der Waals surface area contributed by atoms with Crippen molar-refractivity contribution < 1.29 is 19.1 Å². The van der Waals surface area contributed by atoms with Crippen LogP contribution in [0.3, 0.4) is 0 Å². The van der Waals surface area contributed by atoms with Gasteiger partial charge < -0.3 is 19.7 Å². The molecule has 1 heterocycles. The summed E-state index contributed by atoms with van der Waals surface area (Å²) in [5.41, 5.74) is 4.11. The number of rotatable bonds is 4. The van der Waals surface area contributed by atoms with Crippen LogP contribution < -0.4 is 10.6 Å². The molecule has 8 heteroatoms. The Bertz CT molecular complexity index is 1050. The first-order valence-corrected chi connectivity index (χ1v) is 12.5. The molecule has 1 fully saturated rings. The van der Waals surface area contributed by atoms with Crippen LogP contribution in [0.4, 0.5) is 9.59 Å². The van der Waals surface area contributed by atoms with Crippen molar-refractivity contribution >= 4 is 29.5 Å². The van der Waals surface area contributed by atoms with Gasteiger partial charge in [0.25, 0.3) is 0 Å². The fraction of sp³-hybridized carbons (Fsp3) is 0.444. The summed E-state index contributed by atoms with van der Waals surface area (Å²) in [5, 5.41) is 5.84. The Balaban J connectivity index is 1.28. The number of carbonyl (C=O) groups excluding carboxylic acids is 2. The predicted octanol–water partition coefficient (Wildman–Crippen LogP) is 5.19. The maximum absolute atomic E-state index is 12.6. The first-order valence-electron chi connectivity index (χ1n) is 12.1. The molecule has 0 radical (unpaired) electrons. The molecule has 4 rings (SSSR count). The van der Waals surface area contributed by atoms with Crippen LogP contribution >= 0.6 is 12.2 Å². The van der Waals surface area contributed by atoms with Gasteiger partial charge >= 0.3 is 12.2 Å². The van der Waals surface area contributed by atoms with Crippen LogP contribution in [0.5, 0.6) is 0 Å². The van der Waals surface area contributed by atoms with Crippen molar-refractivity contribution in [2.24, 2.45) is 0 Å². The van der Waals surface area contributed by atoms with Gasteiger partial charge in [-0.2, -0.15) is 0 Å². The molecular weight excluding hydrogens is 462 g/mol. The molecule has 1 saturated heterocycles. The molecule has 0 bridgehead atoms. The third-order valence-electron chi connectivity index (χ3n) is 6.31. The molecule has 35 heavy (non-hydrogen) atoms. The van der Waals surface area contributed by atoms with E-state index >= 15 is 0 Å². The molecule has 1 unspecified atom stereocenters. The van der Waals surface area contributed by atoms with Gasteiger partial charge in [-0.25, -0.2) is 9.59 Å². The summed E-state index contributed by atoms with van der Waals surface area (Å²) < 4.78 is 11.1. The molecule has 0 saturated carbocycles. The van der Waals surface area contributed by atoms with E-state index in [1.807, 2.05) is 45.0 Å². The highest BCUT2D eigenvalue weighted by molar-refractivity contribution is 7.80. The second-order valence-corrected chi connectivity index (χ2v) is 10.4. The maximum atomic E-state index is 12.6. The number of hydrogen-bond acceptors (Lipinski definition) is 5. The topological polar surface area (TPSA) is 79.9 Å². The molecule has 7 nitrogen and oxygen atoms in total.